The van der Waals surface area contributed by atoms with Crippen LogP contribution >= 0.6 is 0 Å². The molecule has 0 saturated carbocycles. The second-order valence-electron chi connectivity index (χ2n) is 6.21. The minimum atomic E-state index is -0.296. The van der Waals surface area contributed by atoms with Crippen molar-refractivity contribution in [2.75, 3.05) is 5.32 Å². The molecule has 0 aliphatic rings. The van der Waals surface area contributed by atoms with Crippen LogP contribution in [0.3, 0.4) is 0 Å². The summed E-state index contributed by atoms with van der Waals surface area (Å²) in [6.45, 7) is 0.276. The molecule has 3 aromatic carbocycles. The standard InChI is InChI=1S/C21H16FN5O2/c22-17-9-7-14(8-10-17)13-29-19-6-2-4-16(12-19)21(28)23-18-5-1-3-15(11-18)20-24-26-27-25-20/h1-12H,13H2,(H,23,28)(H,24,25,26,27). The number of benzene rings is 3. The molecule has 2 N–H and O–H groups in total. The highest BCUT2D eigenvalue weighted by Gasteiger charge is 2.09. The quantitative estimate of drug-likeness (QED) is 0.523. The molecule has 29 heavy (non-hydrogen) atoms. The first-order valence-electron chi connectivity index (χ1n) is 8.80. The molecule has 1 amide bonds. The van der Waals surface area contributed by atoms with E-state index < -0.39 is 0 Å². The van der Waals surface area contributed by atoms with E-state index in [-0.39, 0.29) is 18.3 Å². The predicted molar refractivity (Wildman–Crippen MR) is 105 cm³/mol. The Balaban J connectivity index is 1.43. The zero-order valence-corrected chi connectivity index (χ0v) is 15.2. The second-order valence-corrected chi connectivity index (χ2v) is 6.21. The van der Waals surface area contributed by atoms with Gasteiger partial charge in [0.2, 0.25) is 5.82 Å². The van der Waals surface area contributed by atoms with E-state index in [2.05, 4.69) is 25.9 Å². The maximum atomic E-state index is 13.0. The summed E-state index contributed by atoms with van der Waals surface area (Å²) in [5.74, 6) is 0.415. The summed E-state index contributed by atoms with van der Waals surface area (Å²) in [5, 5.41) is 16.6. The molecule has 7 nitrogen and oxygen atoms in total. The molecular formula is C21H16FN5O2. The van der Waals surface area contributed by atoms with Crippen molar-refractivity contribution in [2.24, 2.45) is 0 Å². The van der Waals surface area contributed by atoms with E-state index in [1.807, 2.05) is 6.07 Å². The predicted octanol–water partition coefficient (Wildman–Crippen LogP) is 3.84. The van der Waals surface area contributed by atoms with Crippen molar-refractivity contribution in [3.05, 3.63) is 89.7 Å². The largest absolute Gasteiger partial charge is 0.489 e. The van der Waals surface area contributed by atoms with E-state index >= 15 is 0 Å². The van der Waals surface area contributed by atoms with Crippen LogP contribution in [0.2, 0.25) is 0 Å². The Morgan fingerprint density at radius 2 is 1.86 bits per heavy atom. The van der Waals surface area contributed by atoms with E-state index in [1.54, 1.807) is 54.6 Å². The molecule has 0 aliphatic heterocycles. The fourth-order valence-corrected chi connectivity index (χ4v) is 2.70. The average Bonchev–Trinajstić information content (AvgIpc) is 3.29. The zero-order chi connectivity index (χ0) is 20.1. The first kappa shape index (κ1) is 18.3. The number of carbonyl (C=O) groups is 1. The number of hydrogen-bond donors (Lipinski definition) is 2. The number of nitrogens with one attached hydrogen (secondary N) is 2. The zero-order valence-electron chi connectivity index (χ0n) is 15.2. The second kappa shape index (κ2) is 8.30. The van der Waals surface area contributed by atoms with Crippen LogP contribution in [-0.2, 0) is 6.61 Å². The molecule has 1 aromatic heterocycles. The van der Waals surface area contributed by atoms with Gasteiger partial charge in [-0.05, 0) is 53.2 Å². The number of rotatable bonds is 6. The van der Waals surface area contributed by atoms with Crippen LogP contribution in [0.25, 0.3) is 11.4 Å². The molecule has 0 bridgehead atoms. The highest BCUT2D eigenvalue weighted by molar-refractivity contribution is 6.04. The van der Waals surface area contributed by atoms with E-state index in [4.69, 9.17) is 4.74 Å². The lowest BCUT2D eigenvalue weighted by molar-refractivity contribution is 0.102. The first-order chi connectivity index (χ1) is 14.2. The monoisotopic (exact) mass is 389 g/mol. The van der Waals surface area contributed by atoms with Crippen LogP contribution in [0.5, 0.6) is 5.75 Å². The molecule has 0 fully saturated rings. The Bertz CT molecular complexity index is 1110. The van der Waals surface area contributed by atoms with Crippen LogP contribution in [0, 0.1) is 5.82 Å². The SMILES string of the molecule is O=C(Nc1cccc(-c2nn[nH]n2)c1)c1cccc(OCc2ccc(F)cc2)c1. The van der Waals surface area contributed by atoms with E-state index in [0.29, 0.717) is 22.8 Å². The number of aromatic nitrogens is 4. The van der Waals surface area contributed by atoms with Crippen molar-refractivity contribution in [3.63, 3.8) is 0 Å². The lowest BCUT2D eigenvalue weighted by atomic mass is 10.1. The summed E-state index contributed by atoms with van der Waals surface area (Å²) < 4.78 is 18.7. The van der Waals surface area contributed by atoms with Crippen molar-refractivity contribution < 1.29 is 13.9 Å². The average molecular weight is 389 g/mol. The van der Waals surface area contributed by atoms with Gasteiger partial charge in [-0.1, -0.05) is 30.3 Å². The van der Waals surface area contributed by atoms with Crippen molar-refractivity contribution in [1.82, 2.24) is 20.6 Å². The number of hydrogen-bond acceptors (Lipinski definition) is 5. The smallest absolute Gasteiger partial charge is 0.255 e. The third-order valence-electron chi connectivity index (χ3n) is 4.14. The highest BCUT2D eigenvalue weighted by atomic mass is 19.1. The highest BCUT2D eigenvalue weighted by Crippen LogP contribution is 2.20. The van der Waals surface area contributed by atoms with Crippen molar-refractivity contribution in [2.45, 2.75) is 6.61 Å². The number of ether oxygens (including phenoxy) is 1. The van der Waals surface area contributed by atoms with Crippen molar-refractivity contribution >= 4 is 11.6 Å². The number of amides is 1. The maximum Gasteiger partial charge on any atom is 0.255 e. The summed E-state index contributed by atoms with van der Waals surface area (Å²) in [6.07, 6.45) is 0. The number of halogens is 1. The molecule has 8 heteroatoms. The Morgan fingerprint density at radius 3 is 2.66 bits per heavy atom. The van der Waals surface area contributed by atoms with Gasteiger partial charge in [0.15, 0.2) is 0 Å². The molecule has 0 aliphatic carbocycles. The lowest BCUT2D eigenvalue weighted by Gasteiger charge is -2.09. The molecule has 4 rings (SSSR count). The van der Waals surface area contributed by atoms with Gasteiger partial charge < -0.3 is 10.1 Å². The summed E-state index contributed by atoms with van der Waals surface area (Å²) >= 11 is 0. The molecule has 144 valence electrons. The number of tetrazole rings is 1. The fourth-order valence-electron chi connectivity index (χ4n) is 2.70. The molecule has 0 atom stereocenters. The van der Waals surface area contributed by atoms with Gasteiger partial charge in [0.1, 0.15) is 18.2 Å². The number of anilines is 1. The fraction of sp³-hybridized carbons (Fsp3) is 0.0476. The van der Waals surface area contributed by atoms with Gasteiger partial charge in [-0.2, -0.15) is 5.21 Å². The molecule has 0 unspecified atom stereocenters. The Morgan fingerprint density at radius 1 is 1.03 bits per heavy atom. The molecule has 0 radical (unpaired) electrons. The van der Waals surface area contributed by atoms with Gasteiger partial charge in [0.25, 0.3) is 5.91 Å². The summed E-state index contributed by atoms with van der Waals surface area (Å²) in [7, 11) is 0. The van der Waals surface area contributed by atoms with Gasteiger partial charge in [0.05, 0.1) is 0 Å². The number of aromatic amines is 1. The van der Waals surface area contributed by atoms with Crippen LogP contribution < -0.4 is 10.1 Å². The Kier molecular flexibility index (Phi) is 5.24. The third kappa shape index (κ3) is 4.62. The third-order valence-corrected chi connectivity index (χ3v) is 4.14. The normalized spacial score (nSPS) is 10.5. The van der Waals surface area contributed by atoms with Gasteiger partial charge >= 0.3 is 0 Å². The minimum Gasteiger partial charge on any atom is -0.489 e. The molecule has 4 aromatic rings. The number of carbonyl (C=O) groups excluding carboxylic acids is 1. The summed E-state index contributed by atoms with van der Waals surface area (Å²) in [4.78, 5) is 12.6. The number of H-pyrrole nitrogens is 1. The first-order valence-corrected chi connectivity index (χ1v) is 8.80. The van der Waals surface area contributed by atoms with Crippen LogP contribution in [0.4, 0.5) is 10.1 Å². The van der Waals surface area contributed by atoms with Gasteiger partial charge in [-0.3, -0.25) is 4.79 Å². The summed E-state index contributed by atoms with van der Waals surface area (Å²) in [6, 6.07) is 20.1. The van der Waals surface area contributed by atoms with E-state index in [9.17, 15) is 9.18 Å². The molecule has 0 saturated heterocycles. The van der Waals surface area contributed by atoms with Gasteiger partial charge in [0, 0.05) is 16.8 Å². The molecule has 0 spiro atoms. The Labute approximate surface area is 165 Å². The number of nitrogens with zero attached hydrogens (tertiary/aromatic N) is 3. The summed E-state index contributed by atoms with van der Waals surface area (Å²) in [5.41, 5.74) is 2.62. The Hall–Kier alpha value is -4.07. The van der Waals surface area contributed by atoms with Crippen LogP contribution in [0.1, 0.15) is 15.9 Å². The van der Waals surface area contributed by atoms with Gasteiger partial charge in [-0.25, -0.2) is 4.39 Å². The van der Waals surface area contributed by atoms with Gasteiger partial charge in [-0.15, -0.1) is 10.2 Å². The lowest BCUT2D eigenvalue weighted by Crippen LogP contribution is -2.12. The maximum absolute atomic E-state index is 13.0. The van der Waals surface area contributed by atoms with E-state index in [1.165, 1.54) is 12.1 Å². The van der Waals surface area contributed by atoms with Crippen molar-refractivity contribution in [1.29, 1.82) is 0 Å². The van der Waals surface area contributed by atoms with E-state index in [0.717, 1.165) is 11.1 Å². The van der Waals surface area contributed by atoms with Crippen molar-refractivity contribution in [3.8, 4) is 17.1 Å². The molecule has 1 heterocycles. The topological polar surface area (TPSA) is 92.8 Å². The van der Waals surface area contributed by atoms with Crippen LogP contribution in [0.15, 0.2) is 72.8 Å². The molecular weight excluding hydrogens is 373 g/mol. The minimum absolute atomic E-state index is 0.275. The van der Waals surface area contributed by atoms with Crippen LogP contribution in [-0.4, -0.2) is 26.5 Å².